The molecule has 0 N–H and O–H groups in total. The predicted molar refractivity (Wildman–Crippen MR) is 42.0 cm³/mol. The van der Waals surface area contributed by atoms with E-state index in [1.165, 1.54) is 0 Å². The van der Waals surface area contributed by atoms with Crippen LogP contribution < -0.4 is 0 Å². The smallest absolute Gasteiger partial charge is 0.119 e. The van der Waals surface area contributed by atoms with E-state index in [4.69, 9.17) is 5.26 Å². The summed E-state index contributed by atoms with van der Waals surface area (Å²) >= 11 is 0. The molecule has 0 aliphatic rings. The summed E-state index contributed by atoms with van der Waals surface area (Å²) < 4.78 is 1.87. The fourth-order valence-corrected chi connectivity index (χ4v) is 1.09. The van der Waals surface area contributed by atoms with Crippen molar-refractivity contribution < 1.29 is 0 Å². The molecular weight excluding hydrogens is 138 g/mol. The predicted octanol–water partition coefficient (Wildman–Crippen LogP) is 1.58. The third-order valence-electron chi connectivity index (χ3n) is 1.64. The summed E-state index contributed by atoms with van der Waals surface area (Å²) in [6, 6.07) is 2.04. The first-order valence-electron chi connectivity index (χ1n) is 3.57. The van der Waals surface area contributed by atoms with Gasteiger partial charge in [0.15, 0.2) is 0 Å². The van der Waals surface area contributed by atoms with Crippen LogP contribution in [0.15, 0.2) is 6.20 Å². The topological polar surface area (TPSA) is 41.6 Å². The summed E-state index contributed by atoms with van der Waals surface area (Å²) in [7, 11) is 0. The second-order valence-electron chi connectivity index (χ2n) is 2.64. The van der Waals surface area contributed by atoms with Crippen LogP contribution in [-0.2, 0) is 0 Å². The molecule has 11 heavy (non-hydrogen) atoms. The lowest BCUT2D eigenvalue weighted by atomic mass is 10.4. The monoisotopic (exact) mass is 149 g/mol. The standard InChI is InChI=1S/C8H11N3/c1-6-5-11(7(2)4-9)8(3)10-6/h5,7H,1-3H3. The second-order valence-corrected chi connectivity index (χ2v) is 2.64. The van der Waals surface area contributed by atoms with Crippen molar-refractivity contribution in [3.63, 3.8) is 0 Å². The maximum Gasteiger partial charge on any atom is 0.119 e. The fourth-order valence-electron chi connectivity index (χ4n) is 1.09. The summed E-state index contributed by atoms with van der Waals surface area (Å²) in [5.74, 6) is 0.900. The fraction of sp³-hybridized carbons (Fsp3) is 0.500. The third-order valence-corrected chi connectivity index (χ3v) is 1.64. The van der Waals surface area contributed by atoms with Crippen molar-refractivity contribution in [2.75, 3.05) is 0 Å². The largest absolute Gasteiger partial charge is 0.319 e. The van der Waals surface area contributed by atoms with Crippen molar-refractivity contribution in [2.45, 2.75) is 26.8 Å². The highest BCUT2D eigenvalue weighted by Gasteiger charge is 2.05. The van der Waals surface area contributed by atoms with Gasteiger partial charge in [0.25, 0.3) is 0 Å². The first-order valence-corrected chi connectivity index (χ1v) is 3.57. The zero-order valence-electron chi connectivity index (χ0n) is 7.00. The van der Waals surface area contributed by atoms with E-state index in [-0.39, 0.29) is 6.04 Å². The van der Waals surface area contributed by atoms with Crippen molar-refractivity contribution in [2.24, 2.45) is 0 Å². The average molecular weight is 149 g/mol. The van der Waals surface area contributed by atoms with Gasteiger partial charge in [-0.2, -0.15) is 5.26 Å². The Labute approximate surface area is 66.3 Å². The highest BCUT2D eigenvalue weighted by molar-refractivity contribution is 5.05. The van der Waals surface area contributed by atoms with Gasteiger partial charge in [0.2, 0.25) is 0 Å². The van der Waals surface area contributed by atoms with Gasteiger partial charge in [-0.25, -0.2) is 4.98 Å². The number of aryl methyl sites for hydroxylation is 2. The van der Waals surface area contributed by atoms with Crippen LogP contribution in [0.4, 0.5) is 0 Å². The van der Waals surface area contributed by atoms with Gasteiger partial charge in [-0.15, -0.1) is 0 Å². The van der Waals surface area contributed by atoms with Crippen LogP contribution in [0.5, 0.6) is 0 Å². The lowest BCUT2D eigenvalue weighted by Crippen LogP contribution is -2.02. The maximum atomic E-state index is 8.62. The van der Waals surface area contributed by atoms with Gasteiger partial charge >= 0.3 is 0 Å². The number of hydrogen-bond donors (Lipinski definition) is 0. The molecule has 0 saturated carbocycles. The Morgan fingerprint density at radius 2 is 2.27 bits per heavy atom. The molecule has 0 aromatic carbocycles. The zero-order chi connectivity index (χ0) is 8.43. The number of rotatable bonds is 1. The van der Waals surface area contributed by atoms with E-state index in [0.717, 1.165) is 11.5 Å². The molecule has 0 fully saturated rings. The molecule has 0 aliphatic carbocycles. The van der Waals surface area contributed by atoms with Gasteiger partial charge in [0.1, 0.15) is 11.9 Å². The van der Waals surface area contributed by atoms with Crippen LogP contribution in [0.1, 0.15) is 24.5 Å². The van der Waals surface area contributed by atoms with Crippen LogP contribution >= 0.6 is 0 Å². The Hall–Kier alpha value is -1.30. The molecule has 1 rings (SSSR count). The molecule has 1 aromatic rings. The molecule has 3 heteroatoms. The zero-order valence-corrected chi connectivity index (χ0v) is 7.00. The first kappa shape index (κ1) is 7.80. The molecule has 0 spiro atoms. The van der Waals surface area contributed by atoms with Gasteiger partial charge in [-0.05, 0) is 20.8 Å². The quantitative estimate of drug-likeness (QED) is 0.608. The average Bonchev–Trinajstić information content (AvgIpc) is 2.28. The number of aromatic nitrogens is 2. The van der Waals surface area contributed by atoms with Crippen LogP contribution in [0, 0.1) is 25.2 Å². The molecule has 1 heterocycles. The molecule has 3 nitrogen and oxygen atoms in total. The van der Waals surface area contributed by atoms with E-state index in [0.29, 0.717) is 0 Å². The second kappa shape index (κ2) is 2.75. The number of imidazole rings is 1. The van der Waals surface area contributed by atoms with Crippen molar-refractivity contribution in [1.82, 2.24) is 9.55 Å². The molecule has 1 atom stereocenters. The van der Waals surface area contributed by atoms with Crippen LogP contribution in [0.3, 0.4) is 0 Å². The maximum absolute atomic E-state index is 8.62. The van der Waals surface area contributed by atoms with E-state index in [9.17, 15) is 0 Å². The van der Waals surface area contributed by atoms with E-state index >= 15 is 0 Å². The Morgan fingerprint density at radius 1 is 1.64 bits per heavy atom. The summed E-state index contributed by atoms with van der Waals surface area (Å²) in [6.07, 6.45) is 1.89. The summed E-state index contributed by atoms with van der Waals surface area (Å²) in [5.41, 5.74) is 0.963. The third kappa shape index (κ3) is 1.40. The lowest BCUT2D eigenvalue weighted by molar-refractivity contribution is 0.650. The van der Waals surface area contributed by atoms with E-state index < -0.39 is 0 Å². The molecule has 1 aromatic heterocycles. The van der Waals surface area contributed by atoms with Gasteiger partial charge in [0, 0.05) is 6.20 Å². The van der Waals surface area contributed by atoms with Crippen LogP contribution in [0.25, 0.3) is 0 Å². The molecule has 0 radical (unpaired) electrons. The summed E-state index contributed by atoms with van der Waals surface area (Å²) in [5, 5.41) is 8.62. The Kier molecular flexibility index (Phi) is 1.95. The molecule has 0 saturated heterocycles. The Morgan fingerprint density at radius 3 is 2.64 bits per heavy atom. The SMILES string of the molecule is Cc1cn(C(C)C#N)c(C)n1. The van der Waals surface area contributed by atoms with Crippen LogP contribution in [0.2, 0.25) is 0 Å². The normalized spacial score (nSPS) is 12.5. The molecule has 0 bridgehead atoms. The van der Waals surface area contributed by atoms with E-state index in [1.54, 1.807) is 0 Å². The van der Waals surface area contributed by atoms with Gasteiger partial charge in [-0.1, -0.05) is 0 Å². The van der Waals surface area contributed by atoms with Gasteiger partial charge in [-0.3, -0.25) is 0 Å². The number of nitrogens with zero attached hydrogens (tertiary/aromatic N) is 3. The molecular formula is C8H11N3. The number of nitriles is 1. The van der Waals surface area contributed by atoms with E-state index in [1.807, 2.05) is 31.5 Å². The minimum atomic E-state index is -0.115. The highest BCUT2D eigenvalue weighted by atomic mass is 15.1. The molecule has 0 aliphatic heterocycles. The van der Waals surface area contributed by atoms with Crippen LogP contribution in [-0.4, -0.2) is 9.55 Å². The van der Waals surface area contributed by atoms with Crippen molar-refractivity contribution in [1.29, 1.82) is 5.26 Å². The Bertz CT molecular complexity index is 293. The van der Waals surface area contributed by atoms with Gasteiger partial charge < -0.3 is 4.57 Å². The first-order chi connectivity index (χ1) is 5.15. The highest BCUT2D eigenvalue weighted by Crippen LogP contribution is 2.08. The molecule has 0 amide bonds. The molecule has 58 valence electrons. The summed E-state index contributed by atoms with van der Waals surface area (Å²) in [4.78, 5) is 4.19. The van der Waals surface area contributed by atoms with Crippen molar-refractivity contribution in [3.8, 4) is 6.07 Å². The lowest BCUT2D eigenvalue weighted by Gasteiger charge is -2.04. The van der Waals surface area contributed by atoms with Crippen molar-refractivity contribution >= 4 is 0 Å². The Balaban J connectivity index is 3.05. The minimum Gasteiger partial charge on any atom is -0.319 e. The van der Waals surface area contributed by atoms with Gasteiger partial charge in [0.05, 0.1) is 11.8 Å². The summed E-state index contributed by atoms with van der Waals surface area (Å²) in [6.45, 7) is 5.68. The number of hydrogen-bond acceptors (Lipinski definition) is 2. The molecule has 1 unspecified atom stereocenters. The van der Waals surface area contributed by atoms with E-state index in [2.05, 4.69) is 11.1 Å². The minimum absolute atomic E-state index is 0.115. The van der Waals surface area contributed by atoms with Crippen molar-refractivity contribution in [3.05, 3.63) is 17.7 Å².